The number of likely N-dealkylation sites (tertiary alicyclic amines) is 1. The predicted octanol–water partition coefficient (Wildman–Crippen LogP) is 2.26. The molecular formula is C19H26N4O2. The van der Waals surface area contributed by atoms with Crippen molar-refractivity contribution in [2.24, 2.45) is 0 Å². The number of hydrogen-bond donors (Lipinski definition) is 1. The third kappa shape index (κ3) is 3.18. The summed E-state index contributed by atoms with van der Waals surface area (Å²) in [5, 5.41) is 19.2. The molecule has 2 heterocycles. The van der Waals surface area contributed by atoms with Gasteiger partial charge in [-0.25, -0.2) is 4.68 Å². The van der Waals surface area contributed by atoms with Gasteiger partial charge in [0.25, 0.3) is 0 Å². The molecule has 0 saturated carbocycles. The summed E-state index contributed by atoms with van der Waals surface area (Å²) in [5.74, 6) is 0.0193. The minimum atomic E-state index is -1.13. The van der Waals surface area contributed by atoms with Crippen molar-refractivity contribution < 1.29 is 9.90 Å². The van der Waals surface area contributed by atoms with E-state index >= 15 is 0 Å². The summed E-state index contributed by atoms with van der Waals surface area (Å²) in [6.45, 7) is 8.64. The normalized spacial score (nSPS) is 21.1. The Balaban J connectivity index is 1.78. The first-order valence-electron chi connectivity index (χ1n) is 8.73. The maximum Gasteiger partial charge on any atom is 0.232 e. The van der Waals surface area contributed by atoms with Gasteiger partial charge >= 0.3 is 0 Å². The second kappa shape index (κ2) is 6.26. The first kappa shape index (κ1) is 17.6. The molecule has 3 rings (SSSR count). The van der Waals surface area contributed by atoms with Gasteiger partial charge in [-0.05, 0) is 33.3 Å². The molecule has 1 aromatic heterocycles. The third-order valence-corrected chi connectivity index (χ3v) is 5.08. The Morgan fingerprint density at radius 2 is 1.96 bits per heavy atom. The molecule has 134 valence electrons. The summed E-state index contributed by atoms with van der Waals surface area (Å²) in [6, 6.07) is 9.93. The van der Waals surface area contributed by atoms with Crippen LogP contribution in [0.2, 0.25) is 0 Å². The molecule has 1 amide bonds. The highest BCUT2D eigenvalue weighted by Crippen LogP contribution is 2.34. The van der Waals surface area contributed by atoms with E-state index in [0.717, 1.165) is 5.56 Å². The summed E-state index contributed by atoms with van der Waals surface area (Å²) >= 11 is 0. The van der Waals surface area contributed by atoms with E-state index in [9.17, 15) is 9.90 Å². The van der Waals surface area contributed by atoms with Crippen molar-refractivity contribution in [2.75, 3.05) is 13.1 Å². The third-order valence-electron chi connectivity index (χ3n) is 5.08. The summed E-state index contributed by atoms with van der Waals surface area (Å²) < 4.78 is 1.73. The van der Waals surface area contributed by atoms with E-state index in [2.05, 4.69) is 10.3 Å². The van der Waals surface area contributed by atoms with E-state index in [1.165, 1.54) is 0 Å². The van der Waals surface area contributed by atoms with Crippen molar-refractivity contribution in [1.29, 1.82) is 0 Å². The van der Waals surface area contributed by atoms with Crippen LogP contribution < -0.4 is 0 Å². The zero-order valence-corrected chi connectivity index (χ0v) is 15.3. The average Bonchev–Trinajstić information content (AvgIpc) is 3.23. The van der Waals surface area contributed by atoms with Crippen LogP contribution in [0.15, 0.2) is 36.5 Å². The van der Waals surface area contributed by atoms with Gasteiger partial charge < -0.3 is 10.0 Å². The van der Waals surface area contributed by atoms with Crippen LogP contribution in [0.25, 0.3) is 0 Å². The minimum Gasteiger partial charge on any atom is -0.381 e. The lowest BCUT2D eigenvalue weighted by Gasteiger charge is -2.30. The van der Waals surface area contributed by atoms with Gasteiger partial charge in [-0.15, -0.1) is 5.10 Å². The van der Waals surface area contributed by atoms with Crippen molar-refractivity contribution in [3.05, 3.63) is 47.8 Å². The van der Waals surface area contributed by atoms with Crippen molar-refractivity contribution in [1.82, 2.24) is 19.9 Å². The number of carbonyl (C=O) groups excluding carboxylic acids is 1. The van der Waals surface area contributed by atoms with Crippen LogP contribution in [0.1, 0.15) is 51.4 Å². The number of hydrogen-bond acceptors (Lipinski definition) is 4. The van der Waals surface area contributed by atoms with Gasteiger partial charge in [0, 0.05) is 19.0 Å². The lowest BCUT2D eigenvalue weighted by atomic mass is 9.83. The lowest BCUT2D eigenvalue weighted by Crippen LogP contribution is -2.44. The Morgan fingerprint density at radius 3 is 2.56 bits per heavy atom. The molecule has 1 atom stereocenters. The van der Waals surface area contributed by atoms with Gasteiger partial charge in [-0.1, -0.05) is 35.5 Å². The van der Waals surface area contributed by atoms with Crippen molar-refractivity contribution in [3.63, 3.8) is 0 Å². The van der Waals surface area contributed by atoms with E-state index in [0.29, 0.717) is 18.7 Å². The molecule has 6 nitrogen and oxygen atoms in total. The molecule has 0 unspecified atom stereocenters. The van der Waals surface area contributed by atoms with Gasteiger partial charge in [0.05, 0.1) is 18.2 Å². The number of aliphatic hydroxyl groups is 1. The standard InChI is InChI=1S/C19H26N4O2/c1-14(2)23-12-16(20-21-23)19(25)10-11-22(13-19)17(24)18(3,4)15-8-6-5-7-9-15/h5-9,12,14,25H,10-11,13H2,1-4H3/t19-/m0/s1. The number of benzene rings is 1. The summed E-state index contributed by atoms with van der Waals surface area (Å²) in [7, 11) is 0. The van der Waals surface area contributed by atoms with Crippen molar-refractivity contribution >= 4 is 5.91 Å². The van der Waals surface area contributed by atoms with Crippen LogP contribution in [-0.2, 0) is 15.8 Å². The second-order valence-electron chi connectivity index (χ2n) is 7.68. The van der Waals surface area contributed by atoms with Gasteiger partial charge in [-0.2, -0.15) is 0 Å². The number of aromatic nitrogens is 3. The van der Waals surface area contributed by atoms with Crippen molar-refractivity contribution in [3.8, 4) is 0 Å². The van der Waals surface area contributed by atoms with Gasteiger partial charge in [0.1, 0.15) is 11.3 Å². The number of amides is 1. The summed E-state index contributed by atoms with van der Waals surface area (Å²) in [5.41, 5.74) is -0.257. The molecule has 1 saturated heterocycles. The predicted molar refractivity (Wildman–Crippen MR) is 95.0 cm³/mol. The van der Waals surface area contributed by atoms with E-state index in [-0.39, 0.29) is 18.5 Å². The van der Waals surface area contributed by atoms with Gasteiger partial charge in [0.2, 0.25) is 5.91 Å². The summed E-state index contributed by atoms with van der Waals surface area (Å²) in [6.07, 6.45) is 2.25. The average molecular weight is 342 g/mol. The molecule has 1 N–H and O–H groups in total. The van der Waals surface area contributed by atoms with Crippen LogP contribution in [0.5, 0.6) is 0 Å². The Kier molecular flexibility index (Phi) is 4.41. The molecule has 1 aliphatic heterocycles. The maximum absolute atomic E-state index is 13.1. The molecule has 1 aromatic carbocycles. The second-order valence-corrected chi connectivity index (χ2v) is 7.68. The fourth-order valence-electron chi connectivity index (χ4n) is 3.29. The number of carbonyl (C=O) groups is 1. The largest absolute Gasteiger partial charge is 0.381 e. The quantitative estimate of drug-likeness (QED) is 0.925. The van der Waals surface area contributed by atoms with E-state index in [1.807, 2.05) is 58.0 Å². The first-order valence-corrected chi connectivity index (χ1v) is 8.73. The van der Waals surface area contributed by atoms with Gasteiger partial charge in [0.15, 0.2) is 0 Å². The Labute approximate surface area is 148 Å². The van der Waals surface area contributed by atoms with Crippen LogP contribution in [0.4, 0.5) is 0 Å². The molecule has 1 fully saturated rings. The SMILES string of the molecule is CC(C)n1cc([C@]2(O)CCN(C(=O)C(C)(C)c3ccccc3)C2)nn1. The zero-order chi connectivity index (χ0) is 18.2. The molecule has 2 aromatic rings. The van der Waals surface area contributed by atoms with Crippen LogP contribution in [-0.4, -0.2) is 44.0 Å². The molecular weight excluding hydrogens is 316 g/mol. The minimum absolute atomic E-state index is 0.0193. The van der Waals surface area contributed by atoms with E-state index in [1.54, 1.807) is 15.8 Å². The molecule has 0 aliphatic carbocycles. The Morgan fingerprint density at radius 1 is 1.28 bits per heavy atom. The van der Waals surface area contributed by atoms with Crippen LogP contribution >= 0.6 is 0 Å². The number of rotatable bonds is 4. The smallest absolute Gasteiger partial charge is 0.232 e. The molecule has 6 heteroatoms. The lowest BCUT2D eigenvalue weighted by molar-refractivity contribution is -0.136. The molecule has 0 spiro atoms. The zero-order valence-electron chi connectivity index (χ0n) is 15.3. The molecule has 0 bridgehead atoms. The highest BCUT2D eigenvalue weighted by molar-refractivity contribution is 5.87. The first-order chi connectivity index (χ1) is 11.7. The van der Waals surface area contributed by atoms with Crippen molar-refractivity contribution in [2.45, 2.75) is 51.2 Å². The fraction of sp³-hybridized carbons (Fsp3) is 0.526. The molecule has 0 radical (unpaired) electrons. The molecule has 25 heavy (non-hydrogen) atoms. The maximum atomic E-state index is 13.1. The van der Waals surface area contributed by atoms with E-state index in [4.69, 9.17) is 0 Å². The Bertz CT molecular complexity index is 754. The number of β-amino-alcohol motifs (C(OH)–C–C–N with tert-alkyl or cyclic N) is 1. The van der Waals surface area contributed by atoms with E-state index < -0.39 is 11.0 Å². The molecule has 1 aliphatic rings. The topological polar surface area (TPSA) is 71.2 Å². The summed E-state index contributed by atoms with van der Waals surface area (Å²) in [4.78, 5) is 14.8. The fourth-order valence-corrected chi connectivity index (χ4v) is 3.29. The number of nitrogens with zero attached hydrogens (tertiary/aromatic N) is 4. The van der Waals surface area contributed by atoms with Gasteiger partial charge in [-0.3, -0.25) is 4.79 Å². The van der Waals surface area contributed by atoms with Crippen LogP contribution in [0.3, 0.4) is 0 Å². The Hall–Kier alpha value is -2.21. The monoisotopic (exact) mass is 342 g/mol. The highest BCUT2D eigenvalue weighted by atomic mass is 16.3. The highest BCUT2D eigenvalue weighted by Gasteiger charge is 2.45. The van der Waals surface area contributed by atoms with Crippen LogP contribution in [0, 0.1) is 0 Å².